The zero-order chi connectivity index (χ0) is 15.9. The van der Waals surface area contributed by atoms with Crippen molar-refractivity contribution in [2.45, 2.75) is 12.5 Å². The summed E-state index contributed by atoms with van der Waals surface area (Å²) in [4.78, 5) is 27.9. The molecule has 0 aliphatic heterocycles. The van der Waals surface area contributed by atoms with Crippen molar-refractivity contribution in [2.24, 2.45) is 0 Å². The lowest BCUT2D eigenvalue weighted by atomic mass is 10.1. The maximum atomic E-state index is 12.2. The van der Waals surface area contributed by atoms with Crippen molar-refractivity contribution in [1.29, 1.82) is 0 Å². The van der Waals surface area contributed by atoms with Crippen molar-refractivity contribution in [1.82, 2.24) is 10.3 Å². The standard InChI is InChI=1S/C16H15ClN2O3/c1-22-16(21)14(10-11-3-2-4-13(17)9-11)19-15(20)12-5-7-18-8-6-12/h2-9,14H,10H2,1H3,(H,19,20)/t14-/m1/s1. The first-order valence-corrected chi connectivity index (χ1v) is 7.01. The molecule has 0 aliphatic rings. The number of amides is 1. The highest BCUT2D eigenvalue weighted by Crippen LogP contribution is 2.13. The normalized spacial score (nSPS) is 11.5. The Labute approximate surface area is 133 Å². The Morgan fingerprint density at radius 1 is 1.27 bits per heavy atom. The summed E-state index contributed by atoms with van der Waals surface area (Å²) in [6.07, 6.45) is 3.32. The Bertz CT molecular complexity index is 661. The Kier molecular flexibility index (Phi) is 5.49. The van der Waals surface area contributed by atoms with Crippen LogP contribution in [-0.2, 0) is 16.0 Å². The van der Waals surface area contributed by atoms with E-state index in [1.807, 2.05) is 6.07 Å². The lowest BCUT2D eigenvalue weighted by Crippen LogP contribution is -2.43. The zero-order valence-electron chi connectivity index (χ0n) is 12.0. The van der Waals surface area contributed by atoms with E-state index in [2.05, 4.69) is 10.3 Å². The molecule has 0 unspecified atom stereocenters. The number of ether oxygens (including phenoxy) is 1. The van der Waals surface area contributed by atoms with Gasteiger partial charge in [-0.15, -0.1) is 0 Å². The van der Waals surface area contributed by atoms with E-state index in [1.165, 1.54) is 19.5 Å². The van der Waals surface area contributed by atoms with E-state index in [-0.39, 0.29) is 5.91 Å². The fourth-order valence-electron chi connectivity index (χ4n) is 1.98. The quantitative estimate of drug-likeness (QED) is 0.859. The van der Waals surface area contributed by atoms with E-state index in [4.69, 9.17) is 16.3 Å². The van der Waals surface area contributed by atoms with Crippen LogP contribution < -0.4 is 5.32 Å². The lowest BCUT2D eigenvalue weighted by molar-refractivity contribution is -0.142. The van der Waals surface area contributed by atoms with Gasteiger partial charge in [0.1, 0.15) is 6.04 Å². The Balaban J connectivity index is 2.13. The van der Waals surface area contributed by atoms with Crippen LogP contribution in [0.3, 0.4) is 0 Å². The van der Waals surface area contributed by atoms with Crippen LogP contribution in [0.15, 0.2) is 48.8 Å². The lowest BCUT2D eigenvalue weighted by Gasteiger charge is -2.16. The molecule has 0 bridgehead atoms. The smallest absolute Gasteiger partial charge is 0.328 e. The SMILES string of the molecule is COC(=O)[C@@H](Cc1cccc(Cl)c1)NC(=O)c1ccncc1. The van der Waals surface area contributed by atoms with Crippen LogP contribution in [0.4, 0.5) is 0 Å². The van der Waals surface area contributed by atoms with Gasteiger partial charge < -0.3 is 10.1 Å². The minimum atomic E-state index is -0.788. The number of halogens is 1. The molecule has 2 rings (SSSR count). The molecule has 0 saturated heterocycles. The number of nitrogens with one attached hydrogen (secondary N) is 1. The maximum absolute atomic E-state index is 12.2. The van der Waals surface area contributed by atoms with Gasteiger partial charge in [-0.05, 0) is 29.8 Å². The van der Waals surface area contributed by atoms with Crippen LogP contribution in [0.1, 0.15) is 15.9 Å². The molecule has 2 aromatic rings. The van der Waals surface area contributed by atoms with Gasteiger partial charge in [-0.2, -0.15) is 0 Å². The first kappa shape index (κ1) is 16.0. The highest BCUT2D eigenvalue weighted by molar-refractivity contribution is 6.30. The molecule has 1 heterocycles. The van der Waals surface area contributed by atoms with Gasteiger partial charge in [0.15, 0.2) is 0 Å². The number of aromatic nitrogens is 1. The van der Waals surface area contributed by atoms with Gasteiger partial charge in [0.2, 0.25) is 0 Å². The first-order chi connectivity index (χ1) is 10.6. The molecule has 1 amide bonds. The van der Waals surface area contributed by atoms with Crippen molar-refractivity contribution in [2.75, 3.05) is 7.11 Å². The molecule has 0 fully saturated rings. The van der Waals surface area contributed by atoms with Crippen molar-refractivity contribution in [3.8, 4) is 0 Å². The van der Waals surface area contributed by atoms with Crippen LogP contribution in [-0.4, -0.2) is 30.0 Å². The van der Waals surface area contributed by atoms with Gasteiger partial charge in [-0.25, -0.2) is 4.79 Å². The third-order valence-corrected chi connectivity index (χ3v) is 3.30. The topological polar surface area (TPSA) is 68.3 Å². The number of methoxy groups -OCH3 is 1. The number of hydrogen-bond donors (Lipinski definition) is 1. The number of carbonyl (C=O) groups excluding carboxylic acids is 2. The van der Waals surface area contributed by atoms with Gasteiger partial charge in [0, 0.05) is 29.4 Å². The summed E-state index contributed by atoms with van der Waals surface area (Å²) < 4.78 is 4.75. The summed E-state index contributed by atoms with van der Waals surface area (Å²) in [6.45, 7) is 0. The van der Waals surface area contributed by atoms with Gasteiger partial charge >= 0.3 is 5.97 Å². The number of pyridine rings is 1. The largest absolute Gasteiger partial charge is 0.467 e. The average molecular weight is 319 g/mol. The molecule has 1 N–H and O–H groups in total. The van der Waals surface area contributed by atoms with Crippen LogP contribution in [0, 0.1) is 0 Å². The van der Waals surface area contributed by atoms with E-state index in [1.54, 1.807) is 30.3 Å². The molecule has 114 valence electrons. The molecule has 1 aromatic heterocycles. The Morgan fingerprint density at radius 2 is 2.00 bits per heavy atom. The van der Waals surface area contributed by atoms with E-state index in [9.17, 15) is 9.59 Å². The van der Waals surface area contributed by atoms with Crippen LogP contribution in [0.5, 0.6) is 0 Å². The van der Waals surface area contributed by atoms with Gasteiger partial charge in [-0.3, -0.25) is 9.78 Å². The van der Waals surface area contributed by atoms with E-state index in [0.717, 1.165) is 5.56 Å². The van der Waals surface area contributed by atoms with E-state index < -0.39 is 12.0 Å². The van der Waals surface area contributed by atoms with Gasteiger partial charge in [0.05, 0.1) is 7.11 Å². The zero-order valence-corrected chi connectivity index (χ0v) is 12.7. The van der Waals surface area contributed by atoms with Gasteiger partial charge in [-0.1, -0.05) is 23.7 Å². The number of esters is 1. The molecule has 0 saturated carbocycles. The molecular formula is C16H15ClN2O3. The Morgan fingerprint density at radius 3 is 2.64 bits per heavy atom. The number of carbonyl (C=O) groups is 2. The van der Waals surface area contributed by atoms with E-state index in [0.29, 0.717) is 17.0 Å². The maximum Gasteiger partial charge on any atom is 0.328 e. The summed E-state index contributed by atoms with van der Waals surface area (Å²) >= 11 is 5.93. The van der Waals surface area contributed by atoms with Crippen LogP contribution in [0.2, 0.25) is 5.02 Å². The fraction of sp³-hybridized carbons (Fsp3) is 0.188. The minimum Gasteiger partial charge on any atom is -0.467 e. The molecule has 0 radical (unpaired) electrons. The van der Waals surface area contributed by atoms with E-state index >= 15 is 0 Å². The molecule has 0 aliphatic carbocycles. The monoisotopic (exact) mass is 318 g/mol. The molecule has 1 aromatic carbocycles. The van der Waals surface area contributed by atoms with Gasteiger partial charge in [0.25, 0.3) is 5.91 Å². The second-order valence-electron chi connectivity index (χ2n) is 4.62. The summed E-state index contributed by atoms with van der Waals surface area (Å²) in [5.41, 5.74) is 1.26. The Hall–Kier alpha value is -2.40. The number of rotatable bonds is 5. The molecule has 0 spiro atoms. The predicted octanol–water partition coefficient (Wildman–Crippen LogP) is 2.25. The van der Waals surface area contributed by atoms with Crippen molar-refractivity contribution >= 4 is 23.5 Å². The minimum absolute atomic E-state index is 0.296. The summed E-state index contributed by atoms with van der Waals surface area (Å²) in [7, 11) is 1.28. The first-order valence-electron chi connectivity index (χ1n) is 6.63. The summed E-state index contributed by atoms with van der Waals surface area (Å²) in [6, 6.07) is 9.47. The third-order valence-electron chi connectivity index (χ3n) is 3.06. The summed E-state index contributed by atoms with van der Waals surface area (Å²) in [5.74, 6) is -0.873. The number of hydrogen-bond acceptors (Lipinski definition) is 4. The third kappa shape index (κ3) is 4.30. The van der Waals surface area contributed by atoms with Crippen LogP contribution >= 0.6 is 11.6 Å². The van der Waals surface area contributed by atoms with Crippen LogP contribution in [0.25, 0.3) is 0 Å². The molecular weight excluding hydrogens is 304 g/mol. The fourth-order valence-corrected chi connectivity index (χ4v) is 2.19. The number of nitrogens with zero attached hydrogens (tertiary/aromatic N) is 1. The average Bonchev–Trinajstić information content (AvgIpc) is 2.54. The molecule has 6 heteroatoms. The predicted molar refractivity (Wildman–Crippen MR) is 82.7 cm³/mol. The second kappa shape index (κ2) is 7.56. The van der Waals surface area contributed by atoms with Crippen molar-refractivity contribution in [3.63, 3.8) is 0 Å². The highest BCUT2D eigenvalue weighted by atomic mass is 35.5. The molecule has 22 heavy (non-hydrogen) atoms. The van der Waals surface area contributed by atoms with Crippen molar-refractivity contribution in [3.05, 3.63) is 64.9 Å². The highest BCUT2D eigenvalue weighted by Gasteiger charge is 2.22. The number of benzene rings is 1. The summed E-state index contributed by atoms with van der Waals surface area (Å²) in [5, 5.41) is 3.24. The molecule has 1 atom stereocenters. The second-order valence-corrected chi connectivity index (χ2v) is 5.06. The van der Waals surface area contributed by atoms with Crippen molar-refractivity contribution < 1.29 is 14.3 Å². The molecule has 5 nitrogen and oxygen atoms in total.